The van der Waals surface area contributed by atoms with E-state index in [1.165, 1.54) is 10.9 Å². The maximum atomic E-state index is 13.1. The Balaban J connectivity index is 1.70. The molecule has 5 nitrogen and oxygen atoms in total. The van der Waals surface area contributed by atoms with Crippen molar-refractivity contribution in [2.24, 2.45) is 0 Å². The molecular formula is C17H13F2N3O2. The Labute approximate surface area is 135 Å². The van der Waals surface area contributed by atoms with Crippen molar-refractivity contribution in [3.8, 4) is 0 Å². The first-order chi connectivity index (χ1) is 11.5. The summed E-state index contributed by atoms with van der Waals surface area (Å²) in [5, 5.41) is 2.86. The highest BCUT2D eigenvalue weighted by molar-refractivity contribution is 5.90. The second-order valence-corrected chi connectivity index (χ2v) is 5.22. The summed E-state index contributed by atoms with van der Waals surface area (Å²) in [5.41, 5.74) is 0.366. The van der Waals surface area contributed by atoms with Crippen molar-refractivity contribution in [3.63, 3.8) is 0 Å². The number of aromatic nitrogens is 2. The number of hydrogen-bond acceptors (Lipinski definition) is 3. The van der Waals surface area contributed by atoms with Gasteiger partial charge < -0.3 is 5.32 Å². The van der Waals surface area contributed by atoms with E-state index in [2.05, 4.69) is 10.3 Å². The number of aryl methyl sites for hydroxylation is 1. The maximum absolute atomic E-state index is 13.1. The van der Waals surface area contributed by atoms with Gasteiger partial charge in [-0.2, -0.15) is 0 Å². The average molecular weight is 329 g/mol. The lowest BCUT2D eigenvalue weighted by atomic mass is 10.2. The second kappa shape index (κ2) is 6.57. The van der Waals surface area contributed by atoms with Crippen LogP contribution in [0.2, 0.25) is 0 Å². The van der Waals surface area contributed by atoms with Crippen LogP contribution in [0.4, 0.5) is 14.5 Å². The van der Waals surface area contributed by atoms with Crippen LogP contribution in [-0.4, -0.2) is 15.5 Å². The van der Waals surface area contributed by atoms with Crippen molar-refractivity contribution in [2.45, 2.75) is 13.0 Å². The number of amides is 1. The van der Waals surface area contributed by atoms with Crippen molar-refractivity contribution in [1.82, 2.24) is 9.55 Å². The number of nitrogens with one attached hydrogen (secondary N) is 1. The Morgan fingerprint density at radius 3 is 2.58 bits per heavy atom. The fraction of sp³-hybridized carbons (Fsp3) is 0.118. The van der Waals surface area contributed by atoms with Gasteiger partial charge in [-0.1, -0.05) is 12.1 Å². The molecule has 7 heteroatoms. The predicted octanol–water partition coefficient (Wildman–Crippen LogP) is 2.70. The molecule has 0 aliphatic carbocycles. The van der Waals surface area contributed by atoms with Gasteiger partial charge >= 0.3 is 0 Å². The summed E-state index contributed by atoms with van der Waals surface area (Å²) in [4.78, 5) is 28.3. The molecule has 1 N–H and O–H groups in total. The first kappa shape index (κ1) is 15.8. The lowest BCUT2D eigenvalue weighted by Crippen LogP contribution is -2.23. The van der Waals surface area contributed by atoms with Gasteiger partial charge in [-0.25, -0.2) is 13.8 Å². The zero-order valence-electron chi connectivity index (χ0n) is 12.5. The van der Waals surface area contributed by atoms with Crippen LogP contribution < -0.4 is 10.9 Å². The largest absolute Gasteiger partial charge is 0.326 e. The van der Waals surface area contributed by atoms with E-state index in [-0.39, 0.29) is 24.2 Å². The minimum absolute atomic E-state index is 0.0292. The summed E-state index contributed by atoms with van der Waals surface area (Å²) in [6.07, 6.45) is 1.35. The highest BCUT2D eigenvalue weighted by Gasteiger charge is 2.08. The van der Waals surface area contributed by atoms with E-state index >= 15 is 0 Å². The third-order valence-electron chi connectivity index (χ3n) is 3.46. The molecule has 3 aromatic rings. The Hall–Kier alpha value is -3.09. The molecule has 0 spiro atoms. The number of hydrogen-bond donors (Lipinski definition) is 1. The monoisotopic (exact) mass is 329 g/mol. The van der Waals surface area contributed by atoms with E-state index in [9.17, 15) is 18.4 Å². The smallest absolute Gasteiger partial charge is 0.261 e. The molecule has 122 valence electrons. The zero-order valence-corrected chi connectivity index (χ0v) is 12.5. The van der Waals surface area contributed by atoms with Gasteiger partial charge in [-0.3, -0.25) is 14.2 Å². The Morgan fingerprint density at radius 2 is 1.83 bits per heavy atom. The van der Waals surface area contributed by atoms with Crippen molar-refractivity contribution >= 4 is 22.5 Å². The first-order valence-corrected chi connectivity index (χ1v) is 7.23. The van der Waals surface area contributed by atoms with Crippen LogP contribution in [0, 0.1) is 11.6 Å². The zero-order chi connectivity index (χ0) is 17.1. The fourth-order valence-corrected chi connectivity index (χ4v) is 2.34. The molecule has 0 radical (unpaired) electrons. The van der Waals surface area contributed by atoms with Gasteiger partial charge in [-0.15, -0.1) is 0 Å². The molecular weight excluding hydrogens is 316 g/mol. The van der Waals surface area contributed by atoms with E-state index in [0.717, 1.165) is 18.2 Å². The molecule has 0 aliphatic rings. The quantitative estimate of drug-likeness (QED) is 0.800. The van der Waals surface area contributed by atoms with Crippen molar-refractivity contribution in [2.75, 3.05) is 5.32 Å². The van der Waals surface area contributed by atoms with Gasteiger partial charge in [-0.05, 0) is 24.3 Å². The number of para-hydroxylation sites is 1. The molecule has 1 aromatic heterocycles. The summed E-state index contributed by atoms with van der Waals surface area (Å²) < 4.78 is 27.5. The maximum Gasteiger partial charge on any atom is 0.261 e. The Morgan fingerprint density at radius 1 is 1.12 bits per heavy atom. The van der Waals surface area contributed by atoms with Crippen LogP contribution in [0.15, 0.2) is 53.6 Å². The molecule has 1 amide bonds. The summed E-state index contributed by atoms with van der Waals surface area (Å²) in [5.74, 6) is -2.01. The van der Waals surface area contributed by atoms with Gasteiger partial charge in [0.25, 0.3) is 5.56 Å². The summed E-state index contributed by atoms with van der Waals surface area (Å²) in [7, 11) is 0. The van der Waals surface area contributed by atoms with Crippen LogP contribution in [0.5, 0.6) is 0 Å². The molecule has 0 fully saturated rings. The first-order valence-electron chi connectivity index (χ1n) is 7.23. The molecule has 0 saturated heterocycles. The van der Waals surface area contributed by atoms with Crippen molar-refractivity contribution in [3.05, 3.63) is 70.8 Å². The molecule has 0 unspecified atom stereocenters. The van der Waals surface area contributed by atoms with Crippen molar-refractivity contribution in [1.29, 1.82) is 0 Å². The minimum atomic E-state index is -0.778. The highest BCUT2D eigenvalue weighted by atomic mass is 19.1. The van der Waals surface area contributed by atoms with Crippen LogP contribution in [0.1, 0.15) is 6.42 Å². The number of fused-ring (bicyclic) bond motifs is 1. The average Bonchev–Trinajstić information content (AvgIpc) is 2.53. The summed E-state index contributed by atoms with van der Waals surface area (Å²) in [6.45, 7) is 0.111. The molecule has 24 heavy (non-hydrogen) atoms. The topological polar surface area (TPSA) is 64.0 Å². The van der Waals surface area contributed by atoms with Gasteiger partial charge in [0.1, 0.15) is 11.6 Å². The van der Waals surface area contributed by atoms with E-state index in [0.29, 0.717) is 10.9 Å². The number of nitrogens with zero attached hydrogens (tertiary/aromatic N) is 2. The van der Waals surface area contributed by atoms with E-state index < -0.39 is 17.5 Å². The SMILES string of the molecule is O=C(CCn1cnc2ccccc2c1=O)Nc1cc(F)cc(F)c1. The molecule has 0 aliphatic heterocycles. The highest BCUT2D eigenvalue weighted by Crippen LogP contribution is 2.13. The number of rotatable bonds is 4. The lowest BCUT2D eigenvalue weighted by molar-refractivity contribution is -0.116. The van der Waals surface area contributed by atoms with Crippen molar-refractivity contribution < 1.29 is 13.6 Å². The molecule has 2 aromatic carbocycles. The van der Waals surface area contributed by atoms with Crippen LogP contribution in [0.3, 0.4) is 0 Å². The van der Waals surface area contributed by atoms with Gasteiger partial charge in [0.2, 0.25) is 5.91 Å². The van der Waals surface area contributed by atoms with Gasteiger partial charge in [0.05, 0.1) is 17.2 Å². The van der Waals surface area contributed by atoms with Crippen LogP contribution in [0.25, 0.3) is 10.9 Å². The molecule has 0 bridgehead atoms. The van der Waals surface area contributed by atoms with Gasteiger partial charge in [0.15, 0.2) is 0 Å². The Kier molecular flexibility index (Phi) is 4.33. The number of halogens is 2. The lowest BCUT2D eigenvalue weighted by Gasteiger charge is -2.08. The third-order valence-corrected chi connectivity index (χ3v) is 3.46. The van der Waals surface area contributed by atoms with Crippen LogP contribution >= 0.6 is 0 Å². The standard InChI is InChI=1S/C17H13F2N3O2/c18-11-7-12(19)9-13(8-11)21-16(23)5-6-22-10-20-15-4-2-1-3-14(15)17(22)24/h1-4,7-10H,5-6H2,(H,21,23). The molecule has 0 atom stereocenters. The minimum Gasteiger partial charge on any atom is -0.326 e. The van der Waals surface area contributed by atoms with E-state index in [4.69, 9.17) is 0 Å². The summed E-state index contributed by atoms with van der Waals surface area (Å²) in [6, 6.07) is 9.67. The number of anilines is 1. The summed E-state index contributed by atoms with van der Waals surface area (Å²) >= 11 is 0. The normalized spacial score (nSPS) is 10.8. The van der Waals surface area contributed by atoms with E-state index in [1.54, 1.807) is 24.3 Å². The third kappa shape index (κ3) is 3.45. The molecule has 3 rings (SSSR count). The molecule has 0 saturated carbocycles. The number of carbonyl (C=O) groups is 1. The Bertz CT molecular complexity index is 949. The fourth-order valence-electron chi connectivity index (χ4n) is 2.34. The second-order valence-electron chi connectivity index (χ2n) is 5.22. The van der Waals surface area contributed by atoms with Crippen LogP contribution in [-0.2, 0) is 11.3 Å². The van der Waals surface area contributed by atoms with E-state index in [1.807, 2.05) is 0 Å². The number of benzene rings is 2. The molecule has 1 heterocycles. The van der Waals surface area contributed by atoms with Gasteiger partial charge in [0, 0.05) is 24.7 Å². The number of carbonyl (C=O) groups excluding carboxylic acids is 1. The predicted molar refractivity (Wildman–Crippen MR) is 85.6 cm³/mol.